The van der Waals surface area contributed by atoms with Crippen molar-refractivity contribution in [2.45, 2.75) is 6.92 Å². The Bertz CT molecular complexity index is 651. The monoisotopic (exact) mass is 371 g/mol. The van der Waals surface area contributed by atoms with Gasteiger partial charge in [-0.2, -0.15) is 0 Å². The Morgan fingerprint density at radius 2 is 1.96 bits per heavy atom. The Morgan fingerprint density at radius 1 is 1.33 bits per heavy atom. The Kier molecular flexibility index (Phi) is 6.14. The van der Waals surface area contributed by atoms with Gasteiger partial charge in [0.05, 0.1) is 30.8 Å². The maximum Gasteiger partial charge on any atom is 0.341 e. The van der Waals surface area contributed by atoms with Crippen LogP contribution in [-0.2, 0) is 9.47 Å². The number of methoxy groups -OCH3 is 1. The first-order valence-corrected chi connectivity index (χ1v) is 8.66. The van der Waals surface area contributed by atoms with E-state index in [-0.39, 0.29) is 5.91 Å². The van der Waals surface area contributed by atoms with Gasteiger partial charge in [0.25, 0.3) is 5.91 Å². The molecule has 9 heteroatoms. The molecule has 0 unspecified atom stereocenters. The van der Waals surface area contributed by atoms with Crippen LogP contribution in [0.3, 0.4) is 0 Å². The number of nitrogens with one attached hydrogen (secondary N) is 1. The van der Waals surface area contributed by atoms with Crippen molar-refractivity contribution in [1.82, 2.24) is 9.80 Å². The van der Waals surface area contributed by atoms with E-state index in [1.165, 1.54) is 23.3 Å². The average Bonchev–Trinajstić information content (AvgIpc) is 2.90. The molecule has 1 aromatic rings. The molecule has 0 radical (unpaired) electrons. The molecule has 2 rings (SSSR count). The molecule has 0 spiro atoms. The lowest BCUT2D eigenvalue weighted by Crippen LogP contribution is -2.42. The quantitative estimate of drug-likeness (QED) is 0.639. The topological polar surface area (TPSA) is 71.1 Å². The second-order valence-electron chi connectivity index (χ2n) is 5.48. The minimum Gasteiger partial charge on any atom is -0.465 e. The molecule has 1 fully saturated rings. The van der Waals surface area contributed by atoms with Gasteiger partial charge < -0.3 is 24.6 Å². The molecule has 0 atom stereocenters. The first-order valence-electron chi connectivity index (χ1n) is 7.43. The third-order valence-corrected chi connectivity index (χ3v) is 5.21. The lowest BCUT2D eigenvalue weighted by Gasteiger charge is -2.29. The van der Waals surface area contributed by atoms with E-state index in [1.54, 1.807) is 21.0 Å². The van der Waals surface area contributed by atoms with Crippen LogP contribution in [0.15, 0.2) is 0 Å². The fourth-order valence-corrected chi connectivity index (χ4v) is 3.86. The van der Waals surface area contributed by atoms with Crippen molar-refractivity contribution in [1.29, 1.82) is 0 Å². The minimum atomic E-state index is -0.492. The van der Waals surface area contributed by atoms with E-state index in [0.717, 1.165) is 0 Å². The first-order chi connectivity index (χ1) is 11.4. The second-order valence-corrected chi connectivity index (χ2v) is 6.89. The van der Waals surface area contributed by atoms with Crippen molar-refractivity contribution in [2.24, 2.45) is 0 Å². The van der Waals surface area contributed by atoms with Gasteiger partial charge in [-0.25, -0.2) is 4.79 Å². The zero-order valence-electron chi connectivity index (χ0n) is 14.2. The summed E-state index contributed by atoms with van der Waals surface area (Å²) in [6, 6.07) is 0. The first kappa shape index (κ1) is 18.6. The highest BCUT2D eigenvalue weighted by molar-refractivity contribution is 7.80. The predicted molar refractivity (Wildman–Crippen MR) is 97.0 cm³/mol. The van der Waals surface area contributed by atoms with Crippen LogP contribution < -0.4 is 5.32 Å². The molecule has 7 nitrogen and oxygen atoms in total. The van der Waals surface area contributed by atoms with E-state index in [1.807, 2.05) is 4.90 Å². The van der Waals surface area contributed by atoms with Gasteiger partial charge in [0.2, 0.25) is 0 Å². The number of esters is 1. The molecule has 24 heavy (non-hydrogen) atoms. The van der Waals surface area contributed by atoms with Crippen LogP contribution in [-0.4, -0.2) is 74.3 Å². The number of thiocarbonyl (C=S) groups is 1. The highest BCUT2D eigenvalue weighted by Crippen LogP contribution is 2.34. The maximum absolute atomic E-state index is 12.3. The normalized spacial score (nSPS) is 14.2. The third kappa shape index (κ3) is 3.85. The van der Waals surface area contributed by atoms with Gasteiger partial charge in [0.1, 0.15) is 5.00 Å². The van der Waals surface area contributed by atoms with Gasteiger partial charge in [-0.05, 0) is 24.7 Å². The van der Waals surface area contributed by atoms with Crippen LogP contribution in [0.2, 0.25) is 0 Å². The van der Waals surface area contributed by atoms with Crippen LogP contribution in [0.1, 0.15) is 25.6 Å². The Balaban J connectivity index is 2.33. The molecule has 0 aromatic carbocycles. The number of hydrogen-bond donors (Lipinski definition) is 1. The molecule has 2 heterocycles. The SMILES string of the molecule is COC(=O)c1c(NC(=S)N2CCOCC2)sc(C(=O)N(C)C)c1C. The summed E-state index contributed by atoms with van der Waals surface area (Å²) >= 11 is 6.64. The van der Waals surface area contributed by atoms with Crippen molar-refractivity contribution in [3.63, 3.8) is 0 Å². The molecule has 1 saturated heterocycles. The van der Waals surface area contributed by atoms with Crippen LogP contribution in [0, 0.1) is 6.92 Å². The fraction of sp³-hybridized carbons (Fsp3) is 0.533. The maximum atomic E-state index is 12.3. The Labute approximate surface area is 150 Å². The third-order valence-electron chi connectivity index (χ3n) is 3.66. The second kappa shape index (κ2) is 7.91. The number of carbonyl (C=O) groups excluding carboxylic acids is 2. The van der Waals surface area contributed by atoms with Crippen molar-refractivity contribution in [3.8, 4) is 0 Å². The van der Waals surface area contributed by atoms with E-state index in [9.17, 15) is 9.59 Å². The number of amides is 1. The molecule has 1 aliphatic rings. The van der Waals surface area contributed by atoms with Gasteiger partial charge in [0.15, 0.2) is 5.11 Å². The van der Waals surface area contributed by atoms with Gasteiger partial charge >= 0.3 is 5.97 Å². The lowest BCUT2D eigenvalue weighted by atomic mass is 10.1. The van der Waals surface area contributed by atoms with Crippen molar-refractivity contribution in [2.75, 3.05) is 52.8 Å². The molecule has 0 aliphatic carbocycles. The van der Waals surface area contributed by atoms with E-state index in [0.29, 0.717) is 52.4 Å². The number of morpholine rings is 1. The van der Waals surface area contributed by atoms with Crippen LogP contribution in [0.4, 0.5) is 5.00 Å². The van der Waals surface area contributed by atoms with E-state index >= 15 is 0 Å². The van der Waals surface area contributed by atoms with Gasteiger partial charge in [-0.1, -0.05) is 0 Å². The van der Waals surface area contributed by atoms with Crippen LogP contribution in [0.25, 0.3) is 0 Å². The number of anilines is 1. The number of carbonyl (C=O) groups is 2. The summed E-state index contributed by atoms with van der Waals surface area (Å²) in [6.45, 7) is 4.34. The molecular weight excluding hydrogens is 350 g/mol. The summed E-state index contributed by atoms with van der Waals surface area (Å²) in [5.41, 5.74) is 0.945. The van der Waals surface area contributed by atoms with Crippen LogP contribution in [0.5, 0.6) is 0 Å². The fourth-order valence-electron chi connectivity index (χ4n) is 2.30. The molecule has 0 saturated carbocycles. The largest absolute Gasteiger partial charge is 0.465 e. The summed E-state index contributed by atoms with van der Waals surface area (Å²) in [7, 11) is 4.66. The summed E-state index contributed by atoms with van der Waals surface area (Å²) < 4.78 is 10.2. The summed E-state index contributed by atoms with van der Waals surface area (Å²) in [5, 5.41) is 4.14. The van der Waals surface area contributed by atoms with Crippen molar-refractivity contribution < 1.29 is 19.1 Å². The standard InChI is InChI=1S/C15H21N3O4S2/c1-9-10(14(20)21-4)12(24-11(9)13(19)17(2)3)16-15(23)18-5-7-22-8-6-18/h5-8H2,1-4H3,(H,16,23). The number of thiophene rings is 1. The zero-order chi connectivity index (χ0) is 17.9. The van der Waals surface area contributed by atoms with Crippen LogP contribution >= 0.6 is 23.6 Å². The van der Waals surface area contributed by atoms with Gasteiger partial charge in [0, 0.05) is 27.2 Å². The molecule has 0 bridgehead atoms. The number of ether oxygens (including phenoxy) is 2. The molecule has 1 amide bonds. The van der Waals surface area contributed by atoms with Gasteiger partial charge in [-0.3, -0.25) is 4.79 Å². The number of hydrogen-bond acceptors (Lipinski definition) is 6. The van der Waals surface area contributed by atoms with E-state index in [4.69, 9.17) is 21.7 Å². The summed E-state index contributed by atoms with van der Waals surface area (Å²) in [5.74, 6) is -0.651. The van der Waals surface area contributed by atoms with Crippen molar-refractivity contribution in [3.05, 3.63) is 16.0 Å². The smallest absolute Gasteiger partial charge is 0.341 e. The van der Waals surface area contributed by atoms with E-state index < -0.39 is 5.97 Å². The minimum absolute atomic E-state index is 0.159. The Hall–Kier alpha value is -1.71. The Morgan fingerprint density at radius 3 is 2.50 bits per heavy atom. The van der Waals surface area contributed by atoms with E-state index in [2.05, 4.69) is 5.32 Å². The molecule has 1 N–H and O–H groups in total. The van der Waals surface area contributed by atoms with Crippen molar-refractivity contribution >= 4 is 45.5 Å². The number of nitrogens with zero attached hydrogens (tertiary/aromatic N) is 2. The molecule has 1 aliphatic heterocycles. The number of rotatable bonds is 3. The molecule has 132 valence electrons. The molecular formula is C15H21N3O4S2. The average molecular weight is 371 g/mol. The molecule has 1 aromatic heterocycles. The van der Waals surface area contributed by atoms with Gasteiger partial charge in [-0.15, -0.1) is 11.3 Å². The highest BCUT2D eigenvalue weighted by atomic mass is 32.1. The highest BCUT2D eigenvalue weighted by Gasteiger charge is 2.27. The summed E-state index contributed by atoms with van der Waals surface area (Å²) in [4.78, 5) is 28.4. The summed E-state index contributed by atoms with van der Waals surface area (Å²) in [6.07, 6.45) is 0. The zero-order valence-corrected chi connectivity index (χ0v) is 15.8. The predicted octanol–water partition coefficient (Wildman–Crippen LogP) is 1.57. The lowest BCUT2D eigenvalue weighted by molar-refractivity contribution is 0.0601.